The first-order chi connectivity index (χ1) is 12.6. The van der Waals surface area contributed by atoms with Crippen LogP contribution in [0.1, 0.15) is 33.5 Å². The van der Waals surface area contributed by atoms with Gasteiger partial charge in [-0.25, -0.2) is 0 Å². The van der Waals surface area contributed by atoms with Crippen LogP contribution in [-0.4, -0.2) is 40.9 Å². The van der Waals surface area contributed by atoms with Gasteiger partial charge in [0, 0.05) is 54.6 Å². The second-order valence-corrected chi connectivity index (χ2v) is 8.26. The Hall–Kier alpha value is -1.98. The molecule has 0 bridgehead atoms. The number of nitrogens with one attached hydrogen (secondary N) is 1. The third-order valence-corrected chi connectivity index (χ3v) is 5.45. The number of amides is 1. The molecule has 3 rings (SSSR count). The molecule has 138 valence electrons. The van der Waals surface area contributed by atoms with E-state index in [-0.39, 0.29) is 5.91 Å². The number of carbonyl (C=O) groups excluding carboxylic acids is 1. The lowest BCUT2D eigenvalue weighted by Crippen LogP contribution is -2.33. The summed E-state index contributed by atoms with van der Waals surface area (Å²) in [5, 5.41) is 3.00. The van der Waals surface area contributed by atoms with E-state index in [9.17, 15) is 9.00 Å². The van der Waals surface area contributed by atoms with Gasteiger partial charge < -0.3 is 5.32 Å². The first-order valence-corrected chi connectivity index (χ1v) is 10.8. The highest BCUT2D eigenvalue weighted by molar-refractivity contribution is 7.83. The molecule has 1 aliphatic rings. The number of hydrogen-bond acceptors (Lipinski definition) is 3. The van der Waals surface area contributed by atoms with Crippen molar-refractivity contribution in [1.82, 2.24) is 10.2 Å². The van der Waals surface area contributed by atoms with Gasteiger partial charge >= 0.3 is 0 Å². The molecule has 2 aromatic carbocycles. The smallest absolute Gasteiger partial charge is 0.251 e. The molecule has 0 fully saturated rings. The van der Waals surface area contributed by atoms with Crippen molar-refractivity contribution in [3.05, 3.63) is 70.8 Å². The van der Waals surface area contributed by atoms with Gasteiger partial charge in [0.05, 0.1) is 0 Å². The van der Waals surface area contributed by atoms with Crippen molar-refractivity contribution in [1.29, 1.82) is 0 Å². The molecule has 1 aliphatic heterocycles. The molecule has 4 nitrogen and oxygen atoms in total. The second kappa shape index (κ2) is 9.10. The Morgan fingerprint density at radius 3 is 2.77 bits per heavy atom. The third-order valence-electron chi connectivity index (χ3n) is 4.71. The number of nitrogens with zero attached hydrogens (tertiary/aromatic N) is 1. The van der Waals surface area contributed by atoms with E-state index in [1.165, 1.54) is 11.1 Å². The van der Waals surface area contributed by atoms with Crippen LogP contribution in [0.25, 0.3) is 0 Å². The highest BCUT2D eigenvalue weighted by Crippen LogP contribution is 2.18. The minimum atomic E-state index is -0.901. The molecule has 1 amide bonds. The molecule has 0 unspecified atom stereocenters. The van der Waals surface area contributed by atoms with Crippen LogP contribution >= 0.6 is 0 Å². The third kappa shape index (κ3) is 5.26. The predicted molar refractivity (Wildman–Crippen MR) is 107 cm³/mol. The minimum absolute atomic E-state index is 0.0577. The Labute approximate surface area is 158 Å². The Morgan fingerprint density at radius 2 is 1.96 bits per heavy atom. The molecule has 26 heavy (non-hydrogen) atoms. The van der Waals surface area contributed by atoms with Gasteiger partial charge in [0.2, 0.25) is 0 Å². The summed E-state index contributed by atoms with van der Waals surface area (Å²) in [5.41, 5.74) is 4.46. The van der Waals surface area contributed by atoms with Crippen LogP contribution in [0.5, 0.6) is 0 Å². The van der Waals surface area contributed by atoms with Crippen LogP contribution in [0.3, 0.4) is 0 Å². The maximum Gasteiger partial charge on any atom is 0.251 e. The molecule has 0 spiro atoms. The second-order valence-electron chi connectivity index (χ2n) is 6.82. The monoisotopic (exact) mass is 370 g/mol. The summed E-state index contributed by atoms with van der Waals surface area (Å²) >= 11 is 0. The minimum Gasteiger partial charge on any atom is -0.352 e. The van der Waals surface area contributed by atoms with Crippen molar-refractivity contribution in [2.75, 3.05) is 25.9 Å². The summed E-state index contributed by atoms with van der Waals surface area (Å²) in [6.45, 7) is 3.74. The molecule has 5 heteroatoms. The maximum absolute atomic E-state index is 12.3. The van der Waals surface area contributed by atoms with Gasteiger partial charge in [0.15, 0.2) is 0 Å². The molecular formula is C21H26N2O2S. The van der Waals surface area contributed by atoms with Gasteiger partial charge in [-0.1, -0.05) is 36.4 Å². The van der Waals surface area contributed by atoms with Crippen molar-refractivity contribution in [3.63, 3.8) is 0 Å². The lowest BCUT2D eigenvalue weighted by atomic mass is 10.00. The molecule has 1 atom stereocenters. The zero-order chi connectivity index (χ0) is 18.4. The maximum atomic E-state index is 12.3. The van der Waals surface area contributed by atoms with Crippen LogP contribution in [0.4, 0.5) is 0 Å². The Morgan fingerprint density at radius 1 is 1.15 bits per heavy atom. The molecule has 0 saturated carbocycles. The Kier molecular flexibility index (Phi) is 6.58. The van der Waals surface area contributed by atoms with Crippen molar-refractivity contribution in [2.45, 2.75) is 25.1 Å². The van der Waals surface area contributed by atoms with Crippen molar-refractivity contribution in [3.8, 4) is 0 Å². The zero-order valence-electron chi connectivity index (χ0n) is 15.2. The van der Waals surface area contributed by atoms with Crippen LogP contribution < -0.4 is 5.32 Å². The van der Waals surface area contributed by atoms with Crippen LogP contribution in [-0.2, 0) is 29.5 Å². The number of hydrogen-bond donors (Lipinski definition) is 1. The molecule has 0 aliphatic carbocycles. The number of rotatable bonds is 7. The molecule has 1 heterocycles. The van der Waals surface area contributed by atoms with Crippen molar-refractivity contribution >= 4 is 16.7 Å². The first-order valence-electron chi connectivity index (χ1n) is 9.08. The largest absolute Gasteiger partial charge is 0.352 e. The Bertz CT molecular complexity index is 791. The van der Waals surface area contributed by atoms with E-state index in [0.717, 1.165) is 38.0 Å². The number of fused-ring (bicyclic) bond motifs is 1. The summed E-state index contributed by atoms with van der Waals surface area (Å²) in [5.74, 6) is 0.426. The normalized spacial score (nSPS) is 15.3. The van der Waals surface area contributed by atoms with E-state index in [2.05, 4.69) is 34.5 Å². The van der Waals surface area contributed by atoms with Crippen molar-refractivity contribution in [2.24, 2.45) is 0 Å². The SMILES string of the molecule is C[S@@](=O)Cc1cccc(C(=O)NCCCN2CCc3ccccc3C2)c1. The topological polar surface area (TPSA) is 49.4 Å². The molecule has 0 aromatic heterocycles. The summed E-state index contributed by atoms with van der Waals surface area (Å²) in [6, 6.07) is 16.0. The molecule has 0 saturated heterocycles. The average molecular weight is 371 g/mol. The molecule has 0 radical (unpaired) electrons. The lowest BCUT2D eigenvalue weighted by Gasteiger charge is -2.28. The molecular weight excluding hydrogens is 344 g/mol. The highest BCUT2D eigenvalue weighted by atomic mass is 32.2. The van der Waals surface area contributed by atoms with Gasteiger partial charge in [-0.3, -0.25) is 13.9 Å². The fourth-order valence-electron chi connectivity index (χ4n) is 3.39. The lowest BCUT2D eigenvalue weighted by molar-refractivity contribution is 0.0951. The van der Waals surface area contributed by atoms with Gasteiger partial charge in [-0.15, -0.1) is 0 Å². The van der Waals surface area contributed by atoms with E-state index < -0.39 is 10.8 Å². The van der Waals surface area contributed by atoms with Crippen molar-refractivity contribution < 1.29 is 9.00 Å². The summed E-state index contributed by atoms with van der Waals surface area (Å²) in [7, 11) is -0.901. The fourth-order valence-corrected chi connectivity index (χ4v) is 4.04. The van der Waals surface area contributed by atoms with E-state index in [4.69, 9.17) is 0 Å². The quantitative estimate of drug-likeness (QED) is 0.763. The fraction of sp³-hybridized carbons (Fsp3) is 0.381. The Balaban J connectivity index is 1.43. The van der Waals surface area contributed by atoms with Gasteiger partial charge in [0.1, 0.15) is 0 Å². The summed E-state index contributed by atoms with van der Waals surface area (Å²) in [6.07, 6.45) is 3.71. The van der Waals surface area contributed by atoms with Gasteiger partial charge in [-0.05, 0) is 41.7 Å². The zero-order valence-corrected chi connectivity index (χ0v) is 16.1. The number of benzene rings is 2. The van der Waals surface area contributed by atoms with Gasteiger partial charge in [0.25, 0.3) is 5.91 Å². The van der Waals surface area contributed by atoms with Crippen LogP contribution in [0.2, 0.25) is 0 Å². The standard InChI is InChI=1S/C21H26N2O2S/c1-26(25)16-17-6-4-9-19(14-17)21(24)22-11-5-12-23-13-10-18-7-2-3-8-20(18)15-23/h2-4,6-9,14H,5,10-13,15-16H2,1H3,(H,22,24)/t26-/m1/s1. The summed E-state index contributed by atoms with van der Waals surface area (Å²) in [4.78, 5) is 14.7. The molecule has 1 N–H and O–H groups in total. The van der Waals surface area contributed by atoms with E-state index in [1.807, 2.05) is 18.2 Å². The average Bonchev–Trinajstić information content (AvgIpc) is 2.64. The number of carbonyl (C=O) groups is 1. The van der Waals surface area contributed by atoms with Gasteiger partial charge in [-0.2, -0.15) is 0 Å². The van der Waals surface area contributed by atoms with E-state index in [1.54, 1.807) is 12.3 Å². The van der Waals surface area contributed by atoms with Crippen LogP contribution in [0, 0.1) is 0 Å². The highest BCUT2D eigenvalue weighted by Gasteiger charge is 2.15. The molecule has 2 aromatic rings. The first kappa shape index (κ1) is 18.8. The predicted octanol–water partition coefficient (Wildman–Crippen LogP) is 2.74. The van der Waals surface area contributed by atoms with E-state index >= 15 is 0 Å². The summed E-state index contributed by atoms with van der Waals surface area (Å²) < 4.78 is 11.3. The van der Waals surface area contributed by atoms with Crippen LogP contribution in [0.15, 0.2) is 48.5 Å². The van der Waals surface area contributed by atoms with E-state index in [0.29, 0.717) is 17.9 Å².